The molecule has 0 aromatic heterocycles. The summed E-state index contributed by atoms with van der Waals surface area (Å²) in [6, 6.07) is 12.8. The Bertz CT molecular complexity index is 807. The lowest BCUT2D eigenvalue weighted by atomic mass is 10.2. The van der Waals surface area contributed by atoms with E-state index in [1.807, 2.05) is 25.1 Å². The van der Waals surface area contributed by atoms with Gasteiger partial charge in [-0.05, 0) is 71.1 Å². The van der Waals surface area contributed by atoms with Crippen LogP contribution in [0.4, 0.5) is 5.69 Å². The molecule has 0 saturated heterocycles. The smallest absolute Gasteiger partial charge is 0.338 e. The fourth-order valence-electron chi connectivity index (χ4n) is 2.52. The van der Waals surface area contributed by atoms with E-state index in [9.17, 15) is 9.59 Å². The maximum atomic E-state index is 12.1. The quantitative estimate of drug-likeness (QED) is 0.392. The van der Waals surface area contributed by atoms with E-state index in [1.54, 1.807) is 24.3 Å². The number of carbonyl (C=O) groups is 2. The molecule has 0 aliphatic rings. The Hall–Kier alpha value is -2.34. The zero-order valence-corrected chi connectivity index (χ0v) is 17.9. The molecule has 0 spiro atoms. The van der Waals surface area contributed by atoms with Gasteiger partial charge in [0.25, 0.3) is 0 Å². The summed E-state index contributed by atoms with van der Waals surface area (Å²) in [4.78, 5) is 24.0. The molecule has 1 amide bonds. The number of benzene rings is 2. The highest BCUT2D eigenvalue weighted by Gasteiger charge is 2.09. The number of nitrogens with one attached hydrogen (secondary N) is 1. The van der Waals surface area contributed by atoms with Gasteiger partial charge in [-0.15, -0.1) is 0 Å². The predicted octanol–water partition coefficient (Wildman–Crippen LogP) is 5.38. The van der Waals surface area contributed by atoms with E-state index in [4.69, 9.17) is 9.47 Å². The molecule has 0 aliphatic carbocycles. The fourth-order valence-corrected chi connectivity index (χ4v) is 3.06. The lowest BCUT2D eigenvalue weighted by molar-refractivity contribution is -0.116. The summed E-state index contributed by atoms with van der Waals surface area (Å²) in [6.45, 7) is 4.87. The number of rotatable bonds is 10. The Labute approximate surface area is 174 Å². The van der Waals surface area contributed by atoms with Crippen LogP contribution in [0, 0.1) is 0 Å². The number of ether oxygens (including phenoxy) is 2. The van der Waals surface area contributed by atoms with Crippen LogP contribution < -0.4 is 10.1 Å². The molecule has 6 heteroatoms. The number of anilines is 1. The minimum atomic E-state index is -0.383. The first kappa shape index (κ1) is 22.0. The van der Waals surface area contributed by atoms with Crippen molar-refractivity contribution in [1.29, 1.82) is 0 Å². The highest BCUT2D eigenvalue weighted by atomic mass is 79.9. The highest BCUT2D eigenvalue weighted by molar-refractivity contribution is 9.10. The molecule has 150 valence electrons. The van der Waals surface area contributed by atoms with Gasteiger partial charge in [0.2, 0.25) is 5.91 Å². The van der Waals surface area contributed by atoms with Gasteiger partial charge in [0.05, 0.1) is 23.2 Å². The number of aryl methyl sites for hydroxylation is 1. The maximum Gasteiger partial charge on any atom is 0.338 e. The fraction of sp³-hybridized carbons (Fsp3) is 0.364. The van der Waals surface area contributed by atoms with Gasteiger partial charge >= 0.3 is 5.97 Å². The van der Waals surface area contributed by atoms with Crippen molar-refractivity contribution in [3.05, 3.63) is 58.1 Å². The third-order valence-electron chi connectivity index (χ3n) is 4.03. The second-order valence-electron chi connectivity index (χ2n) is 6.34. The van der Waals surface area contributed by atoms with Gasteiger partial charge in [-0.3, -0.25) is 4.79 Å². The van der Waals surface area contributed by atoms with Gasteiger partial charge in [-0.1, -0.05) is 26.0 Å². The second kappa shape index (κ2) is 11.5. The van der Waals surface area contributed by atoms with Crippen LogP contribution >= 0.6 is 15.9 Å². The first-order valence-electron chi connectivity index (χ1n) is 9.51. The molecule has 0 fully saturated rings. The van der Waals surface area contributed by atoms with Gasteiger partial charge in [0, 0.05) is 12.1 Å². The van der Waals surface area contributed by atoms with Crippen molar-refractivity contribution in [1.82, 2.24) is 0 Å². The van der Waals surface area contributed by atoms with Crippen molar-refractivity contribution < 1.29 is 19.1 Å². The Balaban J connectivity index is 1.77. The topological polar surface area (TPSA) is 64.6 Å². The summed E-state index contributed by atoms with van der Waals surface area (Å²) in [5.74, 6) is 0.269. The largest absolute Gasteiger partial charge is 0.492 e. The van der Waals surface area contributed by atoms with Crippen LogP contribution in [0.25, 0.3) is 0 Å². The van der Waals surface area contributed by atoms with E-state index in [2.05, 4.69) is 28.2 Å². The number of esters is 1. The van der Waals surface area contributed by atoms with Crippen molar-refractivity contribution in [2.45, 2.75) is 39.5 Å². The number of hydrogen-bond donors (Lipinski definition) is 1. The minimum Gasteiger partial charge on any atom is -0.492 e. The third-order valence-corrected chi connectivity index (χ3v) is 4.65. The molecular formula is C22H26BrNO4. The van der Waals surface area contributed by atoms with Crippen molar-refractivity contribution in [2.24, 2.45) is 0 Å². The maximum absolute atomic E-state index is 12.1. The van der Waals surface area contributed by atoms with Crippen LogP contribution in [0.3, 0.4) is 0 Å². The summed E-state index contributed by atoms with van der Waals surface area (Å²) >= 11 is 3.51. The molecule has 1 N–H and O–H groups in total. The third kappa shape index (κ3) is 7.00. The molecule has 2 aromatic carbocycles. The summed E-state index contributed by atoms with van der Waals surface area (Å²) in [7, 11) is 0. The monoisotopic (exact) mass is 447 g/mol. The van der Waals surface area contributed by atoms with Crippen LogP contribution in [0.15, 0.2) is 46.9 Å². The summed E-state index contributed by atoms with van der Waals surface area (Å²) in [6.07, 6.45) is 2.65. The molecule has 0 saturated carbocycles. The van der Waals surface area contributed by atoms with Gasteiger partial charge in [0.1, 0.15) is 5.75 Å². The van der Waals surface area contributed by atoms with Crippen LogP contribution in [0.5, 0.6) is 5.75 Å². The minimum absolute atomic E-state index is 0.122. The first-order chi connectivity index (χ1) is 13.5. The van der Waals surface area contributed by atoms with Crippen LogP contribution in [-0.4, -0.2) is 25.1 Å². The van der Waals surface area contributed by atoms with Gasteiger partial charge < -0.3 is 14.8 Å². The van der Waals surface area contributed by atoms with E-state index >= 15 is 0 Å². The molecule has 28 heavy (non-hydrogen) atoms. The molecule has 2 rings (SSSR count). The van der Waals surface area contributed by atoms with Crippen LogP contribution in [0.1, 0.15) is 49.0 Å². The van der Waals surface area contributed by atoms with Crippen molar-refractivity contribution in [3.8, 4) is 5.75 Å². The molecule has 0 heterocycles. The van der Waals surface area contributed by atoms with Gasteiger partial charge in [-0.2, -0.15) is 0 Å². The first-order valence-corrected chi connectivity index (χ1v) is 10.3. The van der Waals surface area contributed by atoms with Gasteiger partial charge in [0.15, 0.2) is 0 Å². The molecular weight excluding hydrogens is 422 g/mol. The van der Waals surface area contributed by atoms with Crippen molar-refractivity contribution in [2.75, 3.05) is 18.5 Å². The Morgan fingerprint density at radius 3 is 2.61 bits per heavy atom. The van der Waals surface area contributed by atoms with Crippen LogP contribution in [0.2, 0.25) is 0 Å². The summed E-state index contributed by atoms with van der Waals surface area (Å²) < 4.78 is 11.8. The van der Waals surface area contributed by atoms with Gasteiger partial charge in [-0.25, -0.2) is 4.79 Å². The molecule has 0 bridgehead atoms. The lowest BCUT2D eigenvalue weighted by Gasteiger charge is -2.10. The SMILES string of the molecule is CCCOC(=O)c1cccc(NC(=O)CCCOc2ccc(CC)cc2Br)c1. The summed E-state index contributed by atoms with van der Waals surface area (Å²) in [5.41, 5.74) is 2.24. The Morgan fingerprint density at radius 2 is 1.89 bits per heavy atom. The average molecular weight is 448 g/mol. The Morgan fingerprint density at radius 1 is 1.07 bits per heavy atom. The molecule has 0 atom stereocenters. The number of amides is 1. The number of carbonyl (C=O) groups excluding carboxylic acids is 2. The van der Waals surface area contributed by atoms with Crippen molar-refractivity contribution in [3.63, 3.8) is 0 Å². The van der Waals surface area contributed by atoms with E-state index in [0.717, 1.165) is 23.1 Å². The summed E-state index contributed by atoms with van der Waals surface area (Å²) in [5, 5.41) is 2.81. The normalized spacial score (nSPS) is 10.4. The lowest BCUT2D eigenvalue weighted by Crippen LogP contribution is -2.13. The standard InChI is InChI=1S/C22H26BrNO4/c1-3-12-28-22(26)17-7-5-8-18(15-17)24-21(25)9-6-13-27-20-11-10-16(4-2)14-19(20)23/h5,7-8,10-11,14-15H,3-4,6,9,12-13H2,1-2H3,(H,24,25). The predicted molar refractivity (Wildman–Crippen MR) is 114 cm³/mol. The van der Waals surface area contributed by atoms with E-state index in [0.29, 0.717) is 37.3 Å². The van der Waals surface area contributed by atoms with Crippen LogP contribution in [-0.2, 0) is 16.0 Å². The molecule has 5 nitrogen and oxygen atoms in total. The van der Waals surface area contributed by atoms with E-state index in [1.165, 1.54) is 5.56 Å². The number of hydrogen-bond acceptors (Lipinski definition) is 4. The zero-order chi connectivity index (χ0) is 20.4. The molecule has 0 unspecified atom stereocenters. The molecule has 0 radical (unpaired) electrons. The number of halogens is 1. The van der Waals surface area contributed by atoms with Crippen molar-refractivity contribution >= 4 is 33.5 Å². The average Bonchev–Trinajstić information content (AvgIpc) is 2.70. The van der Waals surface area contributed by atoms with E-state index in [-0.39, 0.29) is 11.9 Å². The van der Waals surface area contributed by atoms with E-state index < -0.39 is 0 Å². The molecule has 2 aromatic rings. The highest BCUT2D eigenvalue weighted by Crippen LogP contribution is 2.26. The zero-order valence-electron chi connectivity index (χ0n) is 16.3. The Kier molecular flexibility index (Phi) is 9.01. The second-order valence-corrected chi connectivity index (χ2v) is 7.19. The molecule has 0 aliphatic heterocycles.